The Kier molecular flexibility index (Phi) is 7.49. The van der Waals surface area contributed by atoms with Crippen LogP contribution in [0.5, 0.6) is 5.75 Å². The van der Waals surface area contributed by atoms with Gasteiger partial charge in [0.25, 0.3) is 0 Å². The molecule has 4 heteroatoms. The molecule has 0 unspecified atom stereocenters. The first kappa shape index (κ1) is 15.0. The van der Waals surface area contributed by atoms with Gasteiger partial charge in [-0.15, -0.1) is 0 Å². The van der Waals surface area contributed by atoms with Gasteiger partial charge in [0.15, 0.2) is 0 Å². The van der Waals surface area contributed by atoms with Gasteiger partial charge in [0, 0.05) is 11.8 Å². The molecule has 0 spiro atoms. The van der Waals surface area contributed by atoms with E-state index >= 15 is 0 Å². The number of rotatable bonds is 8. The van der Waals surface area contributed by atoms with E-state index in [4.69, 9.17) is 4.74 Å². The summed E-state index contributed by atoms with van der Waals surface area (Å²) in [5.74, 6) is 0.681. The molecule has 0 bridgehead atoms. The number of ether oxygens (including phenoxy) is 2. The van der Waals surface area contributed by atoms with E-state index in [0.717, 1.165) is 29.5 Å². The molecule has 0 amide bonds. The average Bonchev–Trinajstić information content (AvgIpc) is 2.42. The molecule has 0 atom stereocenters. The van der Waals surface area contributed by atoms with Crippen molar-refractivity contribution in [2.75, 3.05) is 19.0 Å². The Hall–Kier alpha value is -1.03. The SMILES string of the molecule is COC(=O)CCc1ccccc1OCCCCBr. The molecule has 1 rings (SSSR count). The molecule has 0 saturated heterocycles. The highest BCUT2D eigenvalue weighted by Crippen LogP contribution is 2.20. The van der Waals surface area contributed by atoms with Crippen LogP contribution in [0, 0.1) is 0 Å². The number of alkyl halides is 1. The van der Waals surface area contributed by atoms with Crippen LogP contribution in [0.2, 0.25) is 0 Å². The van der Waals surface area contributed by atoms with E-state index in [-0.39, 0.29) is 5.97 Å². The zero-order valence-electron chi connectivity index (χ0n) is 10.7. The summed E-state index contributed by atoms with van der Waals surface area (Å²) in [5, 5.41) is 1.00. The lowest BCUT2D eigenvalue weighted by molar-refractivity contribution is -0.140. The fraction of sp³-hybridized carbons (Fsp3) is 0.500. The lowest BCUT2D eigenvalue weighted by atomic mass is 10.1. The predicted molar refractivity (Wildman–Crippen MR) is 75.3 cm³/mol. The molecule has 0 radical (unpaired) electrons. The number of carbonyl (C=O) groups excluding carboxylic acids is 1. The van der Waals surface area contributed by atoms with Crippen LogP contribution in [0.3, 0.4) is 0 Å². The predicted octanol–water partition coefficient (Wildman–Crippen LogP) is 3.35. The van der Waals surface area contributed by atoms with Crippen molar-refractivity contribution in [1.82, 2.24) is 0 Å². The molecule has 3 nitrogen and oxygen atoms in total. The minimum atomic E-state index is -0.191. The van der Waals surface area contributed by atoms with Crippen molar-refractivity contribution >= 4 is 21.9 Å². The number of hydrogen-bond acceptors (Lipinski definition) is 3. The second kappa shape index (κ2) is 8.97. The largest absolute Gasteiger partial charge is 0.493 e. The second-order valence-electron chi connectivity index (χ2n) is 3.93. The molecule has 1 aromatic rings. The van der Waals surface area contributed by atoms with Crippen molar-refractivity contribution < 1.29 is 14.3 Å². The normalized spacial score (nSPS) is 10.1. The highest BCUT2D eigenvalue weighted by atomic mass is 79.9. The number of para-hydroxylation sites is 1. The van der Waals surface area contributed by atoms with Gasteiger partial charge in [-0.2, -0.15) is 0 Å². The topological polar surface area (TPSA) is 35.5 Å². The van der Waals surface area contributed by atoms with E-state index in [2.05, 4.69) is 20.7 Å². The molecule has 0 saturated carbocycles. The molecule has 0 fully saturated rings. The molecule has 0 heterocycles. The molecule has 0 N–H and O–H groups in total. The first-order chi connectivity index (χ1) is 8.77. The van der Waals surface area contributed by atoms with Gasteiger partial charge in [-0.3, -0.25) is 4.79 Å². The van der Waals surface area contributed by atoms with Gasteiger partial charge in [0.2, 0.25) is 0 Å². The van der Waals surface area contributed by atoms with E-state index in [0.29, 0.717) is 19.4 Å². The summed E-state index contributed by atoms with van der Waals surface area (Å²) in [6.07, 6.45) is 3.17. The van der Waals surface area contributed by atoms with E-state index in [1.54, 1.807) is 0 Å². The van der Waals surface area contributed by atoms with Gasteiger partial charge in [-0.05, 0) is 30.9 Å². The highest BCUT2D eigenvalue weighted by molar-refractivity contribution is 9.09. The smallest absolute Gasteiger partial charge is 0.305 e. The molecular formula is C14H19BrO3. The zero-order chi connectivity index (χ0) is 13.2. The molecule has 0 aliphatic rings. The van der Waals surface area contributed by atoms with Crippen molar-refractivity contribution in [2.24, 2.45) is 0 Å². The minimum absolute atomic E-state index is 0.191. The molecule has 18 heavy (non-hydrogen) atoms. The summed E-state index contributed by atoms with van der Waals surface area (Å²) in [7, 11) is 1.41. The number of aryl methyl sites for hydroxylation is 1. The monoisotopic (exact) mass is 314 g/mol. The summed E-state index contributed by atoms with van der Waals surface area (Å²) in [5.41, 5.74) is 1.06. The Bertz CT molecular complexity index is 366. The third-order valence-corrected chi connectivity index (χ3v) is 3.15. The Morgan fingerprint density at radius 2 is 2.06 bits per heavy atom. The number of hydrogen-bond donors (Lipinski definition) is 0. The van der Waals surface area contributed by atoms with Crippen LogP contribution in [0.1, 0.15) is 24.8 Å². The van der Waals surface area contributed by atoms with E-state index in [9.17, 15) is 4.79 Å². The summed E-state index contributed by atoms with van der Waals surface area (Å²) in [6.45, 7) is 0.709. The highest BCUT2D eigenvalue weighted by Gasteiger charge is 2.06. The van der Waals surface area contributed by atoms with Crippen LogP contribution in [0.15, 0.2) is 24.3 Å². The average molecular weight is 315 g/mol. The Balaban J connectivity index is 2.48. The summed E-state index contributed by atoms with van der Waals surface area (Å²) < 4.78 is 10.4. The number of halogens is 1. The van der Waals surface area contributed by atoms with Crippen LogP contribution in [0.4, 0.5) is 0 Å². The standard InChI is InChI=1S/C14H19BrO3/c1-17-14(16)9-8-12-6-2-3-7-13(12)18-11-5-4-10-15/h2-3,6-7H,4-5,8-11H2,1H3. The molecule has 0 aliphatic carbocycles. The molecule has 1 aromatic carbocycles. The Morgan fingerprint density at radius 1 is 1.28 bits per heavy atom. The van der Waals surface area contributed by atoms with Crippen molar-refractivity contribution in [1.29, 1.82) is 0 Å². The van der Waals surface area contributed by atoms with Gasteiger partial charge >= 0.3 is 5.97 Å². The van der Waals surface area contributed by atoms with Crippen LogP contribution < -0.4 is 4.74 Å². The summed E-state index contributed by atoms with van der Waals surface area (Å²) >= 11 is 3.39. The van der Waals surface area contributed by atoms with E-state index < -0.39 is 0 Å². The maximum Gasteiger partial charge on any atom is 0.305 e. The third kappa shape index (κ3) is 5.54. The summed E-state index contributed by atoms with van der Waals surface area (Å²) in [4.78, 5) is 11.1. The zero-order valence-corrected chi connectivity index (χ0v) is 12.2. The fourth-order valence-corrected chi connectivity index (χ4v) is 1.97. The first-order valence-corrected chi connectivity index (χ1v) is 7.23. The molecule has 100 valence electrons. The van der Waals surface area contributed by atoms with Crippen molar-refractivity contribution in [3.8, 4) is 5.75 Å². The first-order valence-electron chi connectivity index (χ1n) is 6.11. The lowest BCUT2D eigenvalue weighted by Crippen LogP contribution is -2.04. The van der Waals surface area contributed by atoms with Crippen molar-refractivity contribution in [2.45, 2.75) is 25.7 Å². The minimum Gasteiger partial charge on any atom is -0.493 e. The fourth-order valence-electron chi connectivity index (χ4n) is 1.57. The van der Waals surface area contributed by atoms with E-state index in [1.165, 1.54) is 7.11 Å². The maximum absolute atomic E-state index is 11.1. The van der Waals surface area contributed by atoms with Crippen LogP contribution >= 0.6 is 15.9 Å². The maximum atomic E-state index is 11.1. The number of carbonyl (C=O) groups is 1. The van der Waals surface area contributed by atoms with Gasteiger partial charge in [-0.25, -0.2) is 0 Å². The number of unbranched alkanes of at least 4 members (excludes halogenated alkanes) is 1. The van der Waals surface area contributed by atoms with Crippen LogP contribution in [-0.4, -0.2) is 25.0 Å². The summed E-state index contributed by atoms with van der Waals surface area (Å²) in [6, 6.07) is 7.84. The molecule has 0 aromatic heterocycles. The van der Waals surface area contributed by atoms with Gasteiger partial charge in [0.05, 0.1) is 13.7 Å². The van der Waals surface area contributed by atoms with Crippen molar-refractivity contribution in [3.63, 3.8) is 0 Å². The Morgan fingerprint density at radius 3 is 2.78 bits per heavy atom. The second-order valence-corrected chi connectivity index (χ2v) is 4.72. The van der Waals surface area contributed by atoms with Gasteiger partial charge < -0.3 is 9.47 Å². The lowest BCUT2D eigenvalue weighted by Gasteiger charge is -2.10. The molecular weight excluding hydrogens is 296 g/mol. The number of benzene rings is 1. The molecule has 0 aliphatic heterocycles. The third-order valence-electron chi connectivity index (χ3n) is 2.58. The number of esters is 1. The number of methoxy groups -OCH3 is 1. The Labute approximate surface area is 117 Å². The van der Waals surface area contributed by atoms with E-state index in [1.807, 2.05) is 24.3 Å². The van der Waals surface area contributed by atoms with Gasteiger partial charge in [-0.1, -0.05) is 34.1 Å². The quantitative estimate of drug-likeness (QED) is 0.419. The van der Waals surface area contributed by atoms with Crippen molar-refractivity contribution in [3.05, 3.63) is 29.8 Å². The van der Waals surface area contributed by atoms with Crippen LogP contribution in [-0.2, 0) is 16.0 Å². The van der Waals surface area contributed by atoms with Crippen LogP contribution in [0.25, 0.3) is 0 Å². The van der Waals surface area contributed by atoms with Gasteiger partial charge in [0.1, 0.15) is 5.75 Å².